The third-order valence-corrected chi connectivity index (χ3v) is 3.82. The predicted molar refractivity (Wildman–Crippen MR) is 77.3 cm³/mol. The van der Waals surface area contributed by atoms with Crippen molar-refractivity contribution in [2.45, 2.75) is 23.4 Å². The summed E-state index contributed by atoms with van der Waals surface area (Å²) >= 11 is 1.43. The van der Waals surface area contributed by atoms with Crippen molar-refractivity contribution in [2.24, 2.45) is 5.73 Å². The summed E-state index contributed by atoms with van der Waals surface area (Å²) in [4.78, 5) is 12.4. The molecule has 2 unspecified atom stereocenters. The maximum Gasteiger partial charge on any atom is 0.192 e. The molecule has 0 amide bonds. The minimum absolute atomic E-state index is 0.00472. The van der Waals surface area contributed by atoms with E-state index in [1.54, 1.807) is 12.4 Å². The topological polar surface area (TPSA) is 117 Å². The van der Waals surface area contributed by atoms with E-state index in [2.05, 4.69) is 15.0 Å². The third-order valence-electron chi connectivity index (χ3n) is 2.47. The lowest BCUT2D eigenvalue weighted by Crippen LogP contribution is -2.23. The first-order valence-electron chi connectivity index (χ1n) is 5.78. The number of anilines is 2. The summed E-state index contributed by atoms with van der Waals surface area (Å²) in [7, 11) is 0. The molecule has 0 aliphatic rings. The molecule has 0 aromatic carbocycles. The largest absolute Gasteiger partial charge is 0.383 e. The van der Waals surface area contributed by atoms with Crippen molar-refractivity contribution in [1.29, 1.82) is 0 Å². The van der Waals surface area contributed by atoms with Crippen LogP contribution >= 0.6 is 11.8 Å². The molecular formula is C12H16N6S. The Hall–Kier alpha value is -1.86. The molecule has 0 fully saturated rings. The number of nitrogens with two attached hydrogens (primary N) is 3. The quantitative estimate of drug-likeness (QED) is 0.567. The number of hydrogen-bond acceptors (Lipinski definition) is 7. The molecule has 0 saturated carbocycles. The summed E-state index contributed by atoms with van der Waals surface area (Å²) < 4.78 is 0. The van der Waals surface area contributed by atoms with E-state index in [0.717, 1.165) is 5.56 Å². The van der Waals surface area contributed by atoms with Crippen LogP contribution in [0.2, 0.25) is 0 Å². The molecule has 6 N–H and O–H groups in total. The second kappa shape index (κ2) is 5.85. The maximum absolute atomic E-state index is 6.03. The van der Waals surface area contributed by atoms with E-state index >= 15 is 0 Å². The molecule has 0 radical (unpaired) electrons. The summed E-state index contributed by atoms with van der Waals surface area (Å²) in [5.41, 5.74) is 18.4. The van der Waals surface area contributed by atoms with E-state index in [1.165, 1.54) is 17.8 Å². The Kier molecular flexibility index (Phi) is 4.18. The van der Waals surface area contributed by atoms with Crippen molar-refractivity contribution < 1.29 is 0 Å². The molecule has 6 nitrogen and oxygen atoms in total. The predicted octanol–water partition coefficient (Wildman–Crippen LogP) is 1.22. The monoisotopic (exact) mass is 276 g/mol. The Morgan fingerprint density at radius 2 is 1.89 bits per heavy atom. The van der Waals surface area contributed by atoms with Crippen LogP contribution in [0.25, 0.3) is 0 Å². The zero-order valence-corrected chi connectivity index (χ0v) is 11.3. The van der Waals surface area contributed by atoms with Crippen LogP contribution in [-0.4, -0.2) is 21.0 Å². The molecular weight excluding hydrogens is 260 g/mol. The minimum Gasteiger partial charge on any atom is -0.383 e. The fourth-order valence-electron chi connectivity index (χ4n) is 1.65. The number of thioether (sulfide) groups is 1. The van der Waals surface area contributed by atoms with E-state index in [1.807, 2.05) is 19.1 Å². The third kappa shape index (κ3) is 3.55. The van der Waals surface area contributed by atoms with Crippen molar-refractivity contribution in [2.75, 3.05) is 11.5 Å². The molecule has 0 aliphatic heterocycles. The van der Waals surface area contributed by atoms with Crippen LogP contribution in [0, 0.1) is 0 Å². The Bertz CT molecular complexity index is 525. The summed E-state index contributed by atoms with van der Waals surface area (Å²) in [5.74, 6) is 0.703. The highest BCUT2D eigenvalue weighted by molar-refractivity contribution is 7.99. The summed E-state index contributed by atoms with van der Waals surface area (Å²) in [5, 5.41) is 0.513. The molecule has 0 saturated heterocycles. The molecule has 0 spiro atoms. The van der Waals surface area contributed by atoms with Gasteiger partial charge in [0.25, 0.3) is 0 Å². The highest BCUT2D eigenvalue weighted by atomic mass is 32.2. The van der Waals surface area contributed by atoms with Gasteiger partial charge in [-0.15, -0.1) is 0 Å². The Morgan fingerprint density at radius 3 is 2.42 bits per heavy atom. The molecule has 2 aromatic heterocycles. The van der Waals surface area contributed by atoms with E-state index in [4.69, 9.17) is 17.2 Å². The Labute approximate surface area is 115 Å². The number of aromatic nitrogens is 3. The van der Waals surface area contributed by atoms with Gasteiger partial charge in [-0.3, -0.25) is 4.98 Å². The lowest BCUT2D eigenvalue weighted by Gasteiger charge is -2.19. The van der Waals surface area contributed by atoms with Crippen molar-refractivity contribution in [3.05, 3.63) is 36.2 Å². The van der Waals surface area contributed by atoms with Gasteiger partial charge < -0.3 is 17.2 Å². The van der Waals surface area contributed by atoms with Crippen LogP contribution in [-0.2, 0) is 0 Å². The molecule has 2 aromatic rings. The fraction of sp³-hybridized carbons (Fsp3) is 0.250. The Morgan fingerprint density at radius 1 is 1.21 bits per heavy atom. The van der Waals surface area contributed by atoms with Crippen molar-refractivity contribution >= 4 is 23.4 Å². The average molecular weight is 276 g/mol. The van der Waals surface area contributed by atoms with Crippen molar-refractivity contribution in [3.8, 4) is 0 Å². The van der Waals surface area contributed by atoms with Gasteiger partial charge in [0.1, 0.15) is 11.6 Å². The number of nitrogen functional groups attached to an aromatic ring is 2. The standard InChI is InChI=1S/C12H16N6S/c1-7(13)11(8-3-2-4-16-6-8)19-12-17-9(14)5-10(15)18-12/h2-7,11H,13H2,1H3,(H4,14,15,17,18). The highest BCUT2D eigenvalue weighted by Gasteiger charge is 2.19. The van der Waals surface area contributed by atoms with Crippen LogP contribution in [0.15, 0.2) is 35.7 Å². The molecule has 2 rings (SSSR count). The molecule has 0 aliphatic carbocycles. The van der Waals surface area contributed by atoms with Gasteiger partial charge >= 0.3 is 0 Å². The Balaban J connectivity index is 2.27. The zero-order chi connectivity index (χ0) is 13.8. The number of pyridine rings is 1. The second-order valence-corrected chi connectivity index (χ2v) is 5.29. The second-order valence-electron chi connectivity index (χ2n) is 4.18. The highest BCUT2D eigenvalue weighted by Crippen LogP contribution is 2.35. The minimum atomic E-state index is -0.0829. The number of hydrogen-bond donors (Lipinski definition) is 3. The molecule has 19 heavy (non-hydrogen) atoms. The number of nitrogens with zero attached hydrogens (tertiary/aromatic N) is 3. The first-order chi connectivity index (χ1) is 9.06. The molecule has 100 valence electrons. The van der Waals surface area contributed by atoms with E-state index in [-0.39, 0.29) is 11.3 Å². The van der Waals surface area contributed by atoms with Crippen LogP contribution in [0.1, 0.15) is 17.7 Å². The lowest BCUT2D eigenvalue weighted by atomic mass is 10.1. The van der Waals surface area contributed by atoms with Gasteiger partial charge in [0, 0.05) is 24.5 Å². The zero-order valence-electron chi connectivity index (χ0n) is 10.5. The van der Waals surface area contributed by atoms with Crippen LogP contribution in [0.5, 0.6) is 0 Å². The van der Waals surface area contributed by atoms with Gasteiger partial charge in [-0.05, 0) is 18.6 Å². The lowest BCUT2D eigenvalue weighted by molar-refractivity contribution is 0.716. The van der Waals surface area contributed by atoms with E-state index in [9.17, 15) is 0 Å². The van der Waals surface area contributed by atoms with Gasteiger partial charge in [0.05, 0.1) is 5.25 Å². The van der Waals surface area contributed by atoms with Crippen LogP contribution < -0.4 is 17.2 Å². The van der Waals surface area contributed by atoms with Gasteiger partial charge in [0.15, 0.2) is 5.16 Å². The summed E-state index contributed by atoms with van der Waals surface area (Å²) in [6, 6.07) is 5.29. The van der Waals surface area contributed by atoms with Crippen LogP contribution in [0.4, 0.5) is 11.6 Å². The van der Waals surface area contributed by atoms with Crippen LogP contribution in [0.3, 0.4) is 0 Å². The van der Waals surface area contributed by atoms with Gasteiger partial charge in [-0.1, -0.05) is 17.8 Å². The average Bonchev–Trinajstić information content (AvgIpc) is 2.35. The molecule has 2 atom stereocenters. The van der Waals surface area contributed by atoms with Crippen molar-refractivity contribution in [1.82, 2.24) is 15.0 Å². The van der Waals surface area contributed by atoms with Gasteiger partial charge in [0.2, 0.25) is 0 Å². The summed E-state index contributed by atoms with van der Waals surface area (Å²) in [6.07, 6.45) is 3.51. The number of rotatable bonds is 4. The van der Waals surface area contributed by atoms with Crippen molar-refractivity contribution in [3.63, 3.8) is 0 Å². The molecule has 2 heterocycles. The molecule has 0 bridgehead atoms. The first kappa shape index (κ1) is 13.6. The van der Waals surface area contributed by atoms with Gasteiger partial charge in [-0.25, -0.2) is 9.97 Å². The SMILES string of the molecule is CC(N)C(Sc1nc(N)cc(N)n1)c1cccnc1. The molecule has 7 heteroatoms. The van der Waals surface area contributed by atoms with Gasteiger partial charge in [-0.2, -0.15) is 0 Å². The van der Waals surface area contributed by atoms with E-state index in [0.29, 0.717) is 16.8 Å². The summed E-state index contributed by atoms with van der Waals surface area (Å²) in [6.45, 7) is 1.93. The smallest absolute Gasteiger partial charge is 0.192 e. The first-order valence-corrected chi connectivity index (χ1v) is 6.66. The normalized spacial score (nSPS) is 14.0. The maximum atomic E-state index is 6.03. The van der Waals surface area contributed by atoms with E-state index < -0.39 is 0 Å². The fourth-order valence-corrected chi connectivity index (χ4v) is 2.68.